The number of imide groups is 1. The van der Waals surface area contributed by atoms with Crippen LogP contribution in [0.3, 0.4) is 0 Å². The number of nitrogens with one attached hydrogen (secondary N) is 2. The maximum Gasteiger partial charge on any atom is 0.255 e. The lowest BCUT2D eigenvalue weighted by molar-refractivity contribution is -0.138. The Labute approximate surface area is 356 Å². The van der Waals surface area contributed by atoms with Gasteiger partial charge in [0.1, 0.15) is 12.6 Å². The average Bonchev–Trinajstić information content (AvgIpc) is 3.83. The van der Waals surface area contributed by atoms with Crippen molar-refractivity contribution in [2.45, 2.75) is 89.8 Å². The molecule has 0 saturated carbocycles. The van der Waals surface area contributed by atoms with Crippen molar-refractivity contribution in [1.82, 2.24) is 25.0 Å². The fourth-order valence-corrected chi connectivity index (χ4v) is 10.5. The van der Waals surface area contributed by atoms with Crippen molar-refractivity contribution in [1.29, 1.82) is 0 Å². The fraction of sp³-hybridized carbons (Fsp3) is 0.458. The Morgan fingerprint density at radius 3 is 2.46 bits per heavy atom. The molecule has 2 N–H and O–H groups in total. The van der Waals surface area contributed by atoms with Gasteiger partial charge in [-0.2, -0.15) is 0 Å². The second-order valence-electron chi connectivity index (χ2n) is 17.7. The van der Waals surface area contributed by atoms with Crippen LogP contribution in [-0.4, -0.2) is 114 Å². The quantitative estimate of drug-likeness (QED) is 0.119. The number of carbonyl (C=O) groups is 5. The minimum absolute atomic E-state index is 0.00847. The number of aromatic nitrogens is 1. The lowest BCUT2D eigenvalue weighted by atomic mass is 9.70. The first kappa shape index (κ1) is 40.6. The molecular formula is C48H53N7O6. The van der Waals surface area contributed by atoms with Gasteiger partial charge in [-0.3, -0.25) is 34.2 Å². The van der Waals surface area contributed by atoms with Crippen molar-refractivity contribution in [3.63, 3.8) is 0 Å². The van der Waals surface area contributed by atoms with Gasteiger partial charge in [0.05, 0.1) is 12.1 Å². The van der Waals surface area contributed by atoms with Crippen LogP contribution in [0.2, 0.25) is 0 Å². The van der Waals surface area contributed by atoms with Gasteiger partial charge in [-0.05, 0) is 85.0 Å². The summed E-state index contributed by atoms with van der Waals surface area (Å²) in [5.74, 6) is -0.840. The maximum absolute atomic E-state index is 14.1. The normalized spacial score (nSPS) is 20.4. The number of amides is 4. The van der Waals surface area contributed by atoms with Crippen LogP contribution in [-0.2, 0) is 43.9 Å². The number of ketones is 1. The summed E-state index contributed by atoms with van der Waals surface area (Å²) < 4.78 is 5.86. The summed E-state index contributed by atoms with van der Waals surface area (Å²) in [6, 6.07) is 15.4. The van der Waals surface area contributed by atoms with E-state index in [9.17, 15) is 24.0 Å². The van der Waals surface area contributed by atoms with Crippen molar-refractivity contribution in [2.24, 2.45) is 0 Å². The predicted octanol–water partition coefficient (Wildman–Crippen LogP) is 5.67. The molecule has 1 aliphatic carbocycles. The van der Waals surface area contributed by atoms with E-state index in [0.29, 0.717) is 62.8 Å². The molecule has 316 valence electrons. The molecule has 0 bridgehead atoms. The highest BCUT2D eigenvalue weighted by molar-refractivity contribution is 6.20. The summed E-state index contributed by atoms with van der Waals surface area (Å²) >= 11 is 0. The van der Waals surface area contributed by atoms with Gasteiger partial charge in [-0.15, -0.1) is 0 Å². The van der Waals surface area contributed by atoms with E-state index in [1.54, 1.807) is 17.0 Å². The third-order valence-corrected chi connectivity index (χ3v) is 13.9. The number of piperazine rings is 1. The van der Waals surface area contributed by atoms with Gasteiger partial charge in [0.25, 0.3) is 5.91 Å². The van der Waals surface area contributed by atoms with Crippen LogP contribution in [0.25, 0.3) is 15.7 Å². The minimum Gasteiger partial charge on any atom is -0.372 e. The maximum atomic E-state index is 14.1. The number of H-pyrrole nitrogens is 1. The van der Waals surface area contributed by atoms with E-state index < -0.39 is 17.4 Å². The van der Waals surface area contributed by atoms with E-state index in [1.165, 1.54) is 11.3 Å². The topological polar surface area (TPSA) is 140 Å². The molecule has 5 aliphatic rings. The smallest absolute Gasteiger partial charge is 0.255 e. The van der Waals surface area contributed by atoms with Crippen LogP contribution in [0.4, 0.5) is 11.4 Å². The third kappa shape index (κ3) is 7.29. The van der Waals surface area contributed by atoms with Crippen molar-refractivity contribution >= 4 is 51.7 Å². The summed E-state index contributed by atoms with van der Waals surface area (Å²) in [4.78, 5) is 80.2. The summed E-state index contributed by atoms with van der Waals surface area (Å²) in [6.45, 7) is 19.7. The van der Waals surface area contributed by atoms with E-state index in [4.69, 9.17) is 11.3 Å². The largest absolute Gasteiger partial charge is 0.372 e. The molecule has 5 heterocycles. The number of aryl methyl sites for hydroxylation is 2. The molecule has 4 aromatic rings. The standard InChI is InChI=1S/C48H53N7O6/c1-5-29-24-35-37(48(2,3)45-43(44(35)58)34-12-11-31(49-4)25-38(34)50-45)26-40(29)53-17-15-32(16-18-53)52-19-21-54(22-20-52)42(57)28-61-23-7-9-30-8-6-10-33-36(30)27-55(47(33)60)39-13-14-41(56)51-46(39)59/h6,8,10-12,24-26,32,39,50H,5,7,9,13-23,27-28H2,1-3H3,(H,51,56,59). The SMILES string of the molecule is [C-]#[N+]c1ccc2c3c([nH]c2c1)C(C)(C)c1cc(N2CCC(N4CCN(C(=O)COCCCc5cccc6c5CN(C5CCC(=O)NC5=O)C6=O)CC4)CC2)c(CC)cc1C3=O. The summed E-state index contributed by atoms with van der Waals surface area (Å²) in [7, 11) is 0. The van der Waals surface area contributed by atoms with Gasteiger partial charge in [0, 0.05) is 104 Å². The monoisotopic (exact) mass is 823 g/mol. The molecule has 1 aromatic heterocycles. The summed E-state index contributed by atoms with van der Waals surface area (Å²) in [6.07, 6.45) is 4.83. The van der Waals surface area contributed by atoms with Crippen molar-refractivity contribution in [2.75, 3.05) is 57.4 Å². The molecule has 3 saturated heterocycles. The summed E-state index contributed by atoms with van der Waals surface area (Å²) in [5.41, 5.74) is 9.37. The fourth-order valence-electron chi connectivity index (χ4n) is 10.5. The lowest BCUT2D eigenvalue weighted by Gasteiger charge is -2.44. The minimum atomic E-state index is -0.641. The highest BCUT2D eigenvalue weighted by Gasteiger charge is 2.42. The Bertz CT molecular complexity index is 2500. The predicted molar refractivity (Wildman–Crippen MR) is 231 cm³/mol. The molecule has 13 heteroatoms. The number of hydrogen-bond donors (Lipinski definition) is 2. The van der Waals surface area contributed by atoms with Crippen molar-refractivity contribution < 1.29 is 28.7 Å². The Hall–Kier alpha value is -5.84. The first-order chi connectivity index (χ1) is 29.5. The molecule has 9 rings (SSSR count). The Morgan fingerprint density at radius 2 is 1.72 bits per heavy atom. The Morgan fingerprint density at radius 1 is 0.934 bits per heavy atom. The number of carbonyl (C=O) groups excluding carboxylic acids is 5. The molecular weight excluding hydrogens is 771 g/mol. The van der Waals surface area contributed by atoms with E-state index in [-0.39, 0.29) is 36.5 Å². The average molecular weight is 824 g/mol. The first-order valence-corrected chi connectivity index (χ1v) is 21.8. The van der Waals surface area contributed by atoms with E-state index in [0.717, 1.165) is 89.9 Å². The lowest BCUT2D eigenvalue weighted by Crippen LogP contribution is -2.55. The number of nitrogens with zero attached hydrogens (tertiary/aromatic N) is 5. The zero-order valence-corrected chi connectivity index (χ0v) is 35.3. The molecule has 3 aromatic carbocycles. The number of benzene rings is 3. The number of anilines is 1. The number of hydrogen-bond acceptors (Lipinski definition) is 8. The van der Waals surface area contributed by atoms with Gasteiger partial charge in [0.15, 0.2) is 11.5 Å². The van der Waals surface area contributed by atoms with Gasteiger partial charge < -0.3 is 24.4 Å². The van der Waals surface area contributed by atoms with Gasteiger partial charge in [0.2, 0.25) is 17.7 Å². The molecule has 3 fully saturated rings. The summed E-state index contributed by atoms with van der Waals surface area (Å²) in [5, 5.41) is 3.23. The zero-order valence-electron chi connectivity index (χ0n) is 35.3. The van der Waals surface area contributed by atoms with E-state index >= 15 is 0 Å². The molecule has 0 radical (unpaired) electrons. The van der Waals surface area contributed by atoms with Crippen LogP contribution in [0.1, 0.15) is 107 Å². The zero-order chi connectivity index (χ0) is 42.6. The number of fused-ring (bicyclic) bond motifs is 5. The van der Waals surface area contributed by atoms with Gasteiger partial charge in [-0.1, -0.05) is 45.0 Å². The second-order valence-corrected chi connectivity index (χ2v) is 17.7. The van der Waals surface area contributed by atoms with Crippen LogP contribution in [0.5, 0.6) is 0 Å². The number of aromatic amines is 1. The molecule has 61 heavy (non-hydrogen) atoms. The number of rotatable bonds is 10. The number of ether oxygens (including phenoxy) is 1. The van der Waals surface area contributed by atoms with E-state index in [1.807, 2.05) is 29.2 Å². The Kier molecular flexibility index (Phi) is 10.8. The molecule has 0 spiro atoms. The first-order valence-electron chi connectivity index (χ1n) is 21.8. The van der Waals surface area contributed by atoms with Gasteiger partial charge in [-0.25, -0.2) is 4.85 Å². The van der Waals surface area contributed by atoms with Crippen LogP contribution in [0.15, 0.2) is 48.5 Å². The Balaban J connectivity index is 0.746. The highest BCUT2D eigenvalue weighted by atomic mass is 16.5. The molecule has 1 atom stereocenters. The van der Waals surface area contributed by atoms with Crippen molar-refractivity contribution in [3.05, 3.63) is 105 Å². The molecule has 1 unspecified atom stereocenters. The van der Waals surface area contributed by atoms with Crippen LogP contribution >= 0.6 is 0 Å². The second kappa shape index (κ2) is 16.2. The number of piperidine rings is 2. The van der Waals surface area contributed by atoms with Gasteiger partial charge >= 0.3 is 0 Å². The van der Waals surface area contributed by atoms with E-state index in [2.05, 4.69) is 57.8 Å². The highest BCUT2D eigenvalue weighted by Crippen LogP contribution is 2.46. The van der Waals surface area contributed by atoms with Crippen molar-refractivity contribution in [3.8, 4) is 0 Å². The molecule has 4 amide bonds. The molecule has 13 nitrogen and oxygen atoms in total. The van der Waals surface area contributed by atoms with Crippen LogP contribution in [0, 0.1) is 6.57 Å². The van der Waals surface area contributed by atoms with Crippen LogP contribution < -0.4 is 10.2 Å². The molecule has 4 aliphatic heterocycles. The third-order valence-electron chi connectivity index (χ3n) is 13.9.